The van der Waals surface area contributed by atoms with E-state index >= 15 is 0 Å². The van der Waals surface area contributed by atoms with E-state index in [1.54, 1.807) is 19.2 Å². The van der Waals surface area contributed by atoms with Crippen molar-refractivity contribution in [1.82, 2.24) is 10.3 Å². The maximum absolute atomic E-state index is 10.2. The van der Waals surface area contributed by atoms with Crippen LogP contribution in [0.5, 0.6) is 0 Å². The van der Waals surface area contributed by atoms with Gasteiger partial charge in [-0.2, -0.15) is 0 Å². The molecule has 0 aliphatic rings. The molecule has 0 atom stereocenters. The van der Waals surface area contributed by atoms with Gasteiger partial charge in [0.2, 0.25) is 0 Å². The quantitative estimate of drug-likeness (QED) is 0.632. The van der Waals surface area contributed by atoms with E-state index in [4.69, 9.17) is 0 Å². The third kappa shape index (κ3) is 1.23. The minimum absolute atomic E-state index is 0.412. The third-order valence-corrected chi connectivity index (χ3v) is 1.79. The molecular formula is C6H6N2OS. The zero-order valence-corrected chi connectivity index (χ0v) is 6.23. The summed E-state index contributed by atoms with van der Waals surface area (Å²) in [5.41, 5.74) is 0.412. The first-order valence-electron chi connectivity index (χ1n) is 2.71. The molecule has 0 spiro atoms. The van der Waals surface area contributed by atoms with Crippen LogP contribution in [0.25, 0.3) is 5.70 Å². The minimum atomic E-state index is 0.412. The van der Waals surface area contributed by atoms with Gasteiger partial charge in [0, 0.05) is 18.6 Å². The van der Waals surface area contributed by atoms with Gasteiger partial charge >= 0.3 is 0 Å². The normalized spacial score (nSPS) is 8.50. The molecule has 3 nitrogen and oxygen atoms in total. The van der Waals surface area contributed by atoms with Gasteiger partial charge in [-0.05, 0) is 0 Å². The lowest BCUT2D eigenvalue weighted by atomic mass is 10.5. The summed E-state index contributed by atoms with van der Waals surface area (Å²) in [6, 6.07) is 0. The molecule has 1 aromatic rings. The summed E-state index contributed by atoms with van der Waals surface area (Å²) in [7, 11) is 1.67. The first-order chi connectivity index (χ1) is 4.88. The highest BCUT2D eigenvalue weighted by atomic mass is 32.1. The Morgan fingerprint density at radius 3 is 3.10 bits per heavy atom. The number of hydrogen-bond acceptors (Lipinski definition) is 4. The maximum atomic E-state index is 10.2. The van der Waals surface area contributed by atoms with Gasteiger partial charge in [-0.3, -0.25) is 0 Å². The average molecular weight is 154 g/mol. The lowest BCUT2D eigenvalue weighted by Gasteiger charge is -1.93. The zero-order chi connectivity index (χ0) is 7.40. The highest BCUT2D eigenvalue weighted by Gasteiger charge is 2.00. The Bertz CT molecular complexity index is 249. The van der Waals surface area contributed by atoms with Gasteiger partial charge in [-0.15, -0.1) is 11.3 Å². The SMILES string of the molecule is CNC(=C=O)c1nccs1. The van der Waals surface area contributed by atoms with Crippen LogP contribution >= 0.6 is 11.3 Å². The molecule has 1 N–H and O–H groups in total. The number of hydrogen-bond donors (Lipinski definition) is 1. The van der Waals surface area contributed by atoms with E-state index in [1.807, 2.05) is 5.38 Å². The van der Waals surface area contributed by atoms with Gasteiger partial charge in [-0.1, -0.05) is 0 Å². The van der Waals surface area contributed by atoms with Crippen molar-refractivity contribution in [1.29, 1.82) is 0 Å². The molecule has 0 fully saturated rings. The second kappa shape index (κ2) is 3.15. The highest BCUT2D eigenvalue weighted by molar-refractivity contribution is 7.10. The van der Waals surface area contributed by atoms with Crippen LogP contribution < -0.4 is 5.32 Å². The van der Waals surface area contributed by atoms with E-state index in [0.29, 0.717) is 10.7 Å². The number of nitrogens with one attached hydrogen (secondary N) is 1. The van der Waals surface area contributed by atoms with Gasteiger partial charge in [0.05, 0.1) is 0 Å². The summed E-state index contributed by atoms with van der Waals surface area (Å²) in [4.78, 5) is 14.1. The Balaban J connectivity index is 2.96. The number of thiazole rings is 1. The molecule has 10 heavy (non-hydrogen) atoms. The largest absolute Gasteiger partial charge is 0.377 e. The fourth-order valence-corrected chi connectivity index (χ4v) is 1.18. The molecule has 0 bridgehead atoms. The van der Waals surface area contributed by atoms with Gasteiger partial charge in [-0.25, -0.2) is 9.78 Å². The maximum Gasteiger partial charge on any atom is 0.156 e. The van der Waals surface area contributed by atoms with Crippen LogP contribution in [0, 0.1) is 0 Å². The summed E-state index contributed by atoms with van der Waals surface area (Å²) in [6.07, 6.45) is 1.65. The van der Waals surface area contributed by atoms with Crippen LogP contribution in [-0.2, 0) is 4.79 Å². The van der Waals surface area contributed by atoms with Crippen LogP contribution in [0.3, 0.4) is 0 Å². The van der Waals surface area contributed by atoms with Crippen LogP contribution in [-0.4, -0.2) is 18.0 Å². The molecule has 4 heteroatoms. The molecule has 0 aromatic carbocycles. The van der Waals surface area contributed by atoms with Crippen molar-refractivity contribution in [2.75, 3.05) is 7.05 Å². The van der Waals surface area contributed by atoms with Crippen molar-refractivity contribution >= 4 is 23.0 Å². The molecule has 0 saturated carbocycles. The monoisotopic (exact) mass is 154 g/mol. The Morgan fingerprint density at radius 1 is 1.90 bits per heavy atom. The summed E-state index contributed by atoms with van der Waals surface area (Å²) in [6.45, 7) is 0. The van der Waals surface area contributed by atoms with Gasteiger partial charge in [0.15, 0.2) is 16.6 Å². The molecule has 1 rings (SSSR count). The van der Waals surface area contributed by atoms with Crippen molar-refractivity contribution in [3.63, 3.8) is 0 Å². The van der Waals surface area contributed by atoms with Crippen LogP contribution in [0.4, 0.5) is 0 Å². The number of rotatable bonds is 2. The lowest BCUT2D eigenvalue weighted by molar-refractivity contribution is 0.568. The Hall–Kier alpha value is -1.12. The van der Waals surface area contributed by atoms with E-state index in [-0.39, 0.29) is 0 Å². The Labute approximate surface area is 62.4 Å². The molecular weight excluding hydrogens is 148 g/mol. The van der Waals surface area contributed by atoms with Crippen molar-refractivity contribution in [2.45, 2.75) is 0 Å². The third-order valence-electron chi connectivity index (χ3n) is 0.998. The molecule has 1 aromatic heterocycles. The highest BCUT2D eigenvalue weighted by Crippen LogP contribution is 2.10. The second-order valence-corrected chi connectivity index (χ2v) is 2.46. The topological polar surface area (TPSA) is 42.0 Å². The van der Waals surface area contributed by atoms with Crippen molar-refractivity contribution in [3.8, 4) is 0 Å². The summed E-state index contributed by atoms with van der Waals surface area (Å²) in [5.74, 6) is 1.76. The first kappa shape index (κ1) is 6.99. The number of carbonyl (C=O) groups excluding carboxylic acids is 1. The molecule has 0 amide bonds. The van der Waals surface area contributed by atoms with Crippen LogP contribution in [0.2, 0.25) is 0 Å². The number of nitrogens with zero attached hydrogens (tertiary/aromatic N) is 1. The standard InChI is InChI=1S/C6H6N2OS/c1-7-5(4-9)6-8-2-3-10-6/h2-3,7H,1H3. The first-order valence-corrected chi connectivity index (χ1v) is 3.59. The van der Waals surface area contributed by atoms with E-state index in [9.17, 15) is 4.79 Å². The molecule has 0 aliphatic carbocycles. The minimum Gasteiger partial charge on any atom is -0.377 e. The van der Waals surface area contributed by atoms with Gasteiger partial charge in [0.1, 0.15) is 0 Å². The predicted molar refractivity (Wildman–Crippen MR) is 40.3 cm³/mol. The molecule has 52 valence electrons. The lowest BCUT2D eigenvalue weighted by Crippen LogP contribution is -2.04. The fraction of sp³-hybridized carbons (Fsp3) is 0.167. The Morgan fingerprint density at radius 2 is 2.70 bits per heavy atom. The molecule has 0 saturated heterocycles. The van der Waals surface area contributed by atoms with Crippen molar-refractivity contribution in [2.24, 2.45) is 0 Å². The van der Waals surface area contributed by atoms with E-state index in [0.717, 1.165) is 0 Å². The van der Waals surface area contributed by atoms with Gasteiger partial charge in [0.25, 0.3) is 0 Å². The van der Waals surface area contributed by atoms with E-state index < -0.39 is 0 Å². The zero-order valence-electron chi connectivity index (χ0n) is 5.42. The molecule has 0 aliphatic heterocycles. The van der Waals surface area contributed by atoms with Crippen molar-refractivity contribution < 1.29 is 4.79 Å². The molecule has 0 unspecified atom stereocenters. The predicted octanol–water partition coefficient (Wildman–Crippen LogP) is 0.535. The van der Waals surface area contributed by atoms with Gasteiger partial charge < -0.3 is 5.32 Å². The summed E-state index contributed by atoms with van der Waals surface area (Å²) < 4.78 is 0. The fourth-order valence-electron chi connectivity index (χ4n) is 0.549. The van der Waals surface area contributed by atoms with E-state index in [1.165, 1.54) is 11.3 Å². The Kier molecular flexibility index (Phi) is 2.20. The van der Waals surface area contributed by atoms with Crippen LogP contribution in [0.1, 0.15) is 5.01 Å². The second-order valence-electron chi connectivity index (χ2n) is 1.56. The summed E-state index contributed by atoms with van der Waals surface area (Å²) >= 11 is 1.41. The summed E-state index contributed by atoms with van der Waals surface area (Å²) in [5, 5.41) is 5.18. The molecule has 0 radical (unpaired) electrons. The van der Waals surface area contributed by atoms with Crippen molar-refractivity contribution in [3.05, 3.63) is 16.6 Å². The molecule has 1 heterocycles. The average Bonchev–Trinajstić information content (AvgIpc) is 2.43. The van der Waals surface area contributed by atoms with E-state index in [2.05, 4.69) is 10.3 Å². The number of aromatic nitrogens is 1. The smallest absolute Gasteiger partial charge is 0.156 e. The van der Waals surface area contributed by atoms with Crippen LogP contribution in [0.15, 0.2) is 11.6 Å².